The van der Waals surface area contributed by atoms with Gasteiger partial charge in [-0.1, -0.05) is 50.3 Å². The van der Waals surface area contributed by atoms with E-state index in [0.29, 0.717) is 34.7 Å². The Morgan fingerprint density at radius 3 is 2.27 bits per heavy atom. The molecule has 0 saturated carbocycles. The van der Waals surface area contributed by atoms with Gasteiger partial charge in [0.15, 0.2) is 11.7 Å². The van der Waals surface area contributed by atoms with Gasteiger partial charge in [-0.2, -0.15) is 13.2 Å². The normalized spacial score (nSPS) is 24.6. The second-order valence-corrected chi connectivity index (χ2v) is 12.6. The highest BCUT2D eigenvalue weighted by Gasteiger charge is 2.52. The Labute approximate surface area is 261 Å². The lowest BCUT2D eigenvalue weighted by Crippen LogP contribution is -2.53. The molecular weight excluding hydrogens is 587 g/mol. The number of nitrogens with one attached hydrogen (secondary N) is 1. The topological polar surface area (TPSA) is 86.3 Å². The number of alkyl halides is 3. The lowest BCUT2D eigenvalue weighted by molar-refractivity contribution is -0.142. The van der Waals surface area contributed by atoms with Gasteiger partial charge in [0.1, 0.15) is 18.1 Å². The van der Waals surface area contributed by atoms with Crippen molar-refractivity contribution in [1.29, 1.82) is 0 Å². The standard InChI is InChI=1S/C35H38F3NO6/c1-32(2)18-19-33(3,45-21-32)17-16-23-8-15-27-28(29(23)44-20-22-6-9-25(10-7-22)35(36,37)38)34(41,30(43-5)31(40)39-27)24-11-13-26(42-4)14-12-24/h6-17,30,41H,18-21H2,1-5H3,(H,39,40)/b17-16+. The molecule has 0 spiro atoms. The van der Waals surface area contributed by atoms with Crippen molar-refractivity contribution in [3.8, 4) is 11.5 Å². The van der Waals surface area contributed by atoms with E-state index in [4.69, 9.17) is 18.9 Å². The van der Waals surface area contributed by atoms with E-state index in [1.54, 1.807) is 36.4 Å². The van der Waals surface area contributed by atoms with Crippen molar-refractivity contribution in [2.75, 3.05) is 26.1 Å². The first-order chi connectivity index (χ1) is 21.2. The number of methoxy groups -OCH3 is 2. The molecule has 0 aliphatic carbocycles. The average molecular weight is 626 g/mol. The Hall–Kier alpha value is -3.86. The summed E-state index contributed by atoms with van der Waals surface area (Å²) in [5.41, 5.74) is -1.27. The van der Waals surface area contributed by atoms with Crippen molar-refractivity contribution in [2.45, 2.75) is 63.7 Å². The highest BCUT2D eigenvalue weighted by molar-refractivity contribution is 6.00. The van der Waals surface area contributed by atoms with E-state index >= 15 is 0 Å². The highest BCUT2D eigenvalue weighted by atomic mass is 19.4. The summed E-state index contributed by atoms with van der Waals surface area (Å²) in [7, 11) is 2.85. The van der Waals surface area contributed by atoms with Crippen molar-refractivity contribution in [1.82, 2.24) is 0 Å². The van der Waals surface area contributed by atoms with Crippen molar-refractivity contribution in [2.24, 2.45) is 5.41 Å². The van der Waals surface area contributed by atoms with E-state index in [2.05, 4.69) is 19.2 Å². The fourth-order valence-electron chi connectivity index (χ4n) is 5.74. The monoisotopic (exact) mass is 625 g/mol. The van der Waals surface area contributed by atoms with Gasteiger partial charge in [-0.3, -0.25) is 4.79 Å². The summed E-state index contributed by atoms with van der Waals surface area (Å²) in [6, 6.07) is 14.8. The van der Waals surface area contributed by atoms with Crippen LogP contribution in [-0.4, -0.2) is 43.5 Å². The van der Waals surface area contributed by atoms with Gasteiger partial charge in [-0.05, 0) is 72.7 Å². The van der Waals surface area contributed by atoms with E-state index in [1.165, 1.54) is 26.4 Å². The number of aliphatic hydroxyl groups is 1. The zero-order valence-electron chi connectivity index (χ0n) is 26.0. The largest absolute Gasteiger partial charge is 0.497 e. The van der Waals surface area contributed by atoms with E-state index in [-0.39, 0.29) is 23.3 Å². The number of benzene rings is 3. The van der Waals surface area contributed by atoms with Crippen LogP contribution in [0.3, 0.4) is 0 Å². The number of fused-ring (bicyclic) bond motifs is 1. The van der Waals surface area contributed by atoms with Gasteiger partial charge >= 0.3 is 6.18 Å². The first-order valence-electron chi connectivity index (χ1n) is 14.7. The lowest BCUT2D eigenvalue weighted by Gasteiger charge is -2.41. The van der Waals surface area contributed by atoms with Crippen LogP contribution < -0.4 is 14.8 Å². The van der Waals surface area contributed by atoms with Crippen molar-refractivity contribution >= 4 is 17.7 Å². The maximum absolute atomic E-state index is 13.2. The molecule has 3 unspecified atom stereocenters. The number of anilines is 1. The Balaban J connectivity index is 1.63. The zero-order valence-corrected chi connectivity index (χ0v) is 26.0. The average Bonchev–Trinajstić information content (AvgIpc) is 3.01. The van der Waals surface area contributed by atoms with Crippen LogP contribution in [0.15, 0.2) is 66.7 Å². The number of hydrogen-bond acceptors (Lipinski definition) is 6. The first-order valence-corrected chi connectivity index (χ1v) is 14.7. The fraction of sp³-hybridized carbons (Fsp3) is 0.400. The SMILES string of the molecule is COc1ccc(C2(O)c3c(ccc(/C=C/C4(C)CCC(C)(C)CO4)c3OCc3ccc(C(F)(F)F)cc3)NC(=O)C2OC)cc1. The maximum Gasteiger partial charge on any atom is 0.416 e. The van der Waals surface area contributed by atoms with Crippen molar-refractivity contribution < 1.29 is 42.0 Å². The summed E-state index contributed by atoms with van der Waals surface area (Å²) in [6.45, 7) is 6.81. The molecule has 2 heterocycles. The van der Waals surface area contributed by atoms with Gasteiger partial charge in [-0.25, -0.2) is 0 Å². The molecule has 1 amide bonds. The second-order valence-electron chi connectivity index (χ2n) is 12.6. The van der Waals surface area contributed by atoms with E-state index in [0.717, 1.165) is 25.0 Å². The molecule has 3 atom stereocenters. The van der Waals surface area contributed by atoms with Gasteiger partial charge < -0.3 is 29.4 Å². The van der Waals surface area contributed by atoms with E-state index in [9.17, 15) is 23.1 Å². The fourth-order valence-corrected chi connectivity index (χ4v) is 5.74. The number of amides is 1. The summed E-state index contributed by atoms with van der Waals surface area (Å²) in [5.74, 6) is 0.242. The van der Waals surface area contributed by atoms with Crippen LogP contribution in [0.1, 0.15) is 61.4 Å². The second kappa shape index (κ2) is 12.2. The third-order valence-electron chi connectivity index (χ3n) is 8.58. The van der Waals surface area contributed by atoms with Crippen LogP contribution in [0.4, 0.5) is 18.9 Å². The number of ether oxygens (including phenoxy) is 4. The molecule has 2 aliphatic rings. The van der Waals surface area contributed by atoms with Crippen LogP contribution >= 0.6 is 0 Å². The summed E-state index contributed by atoms with van der Waals surface area (Å²) in [4.78, 5) is 13.2. The molecule has 3 aromatic carbocycles. The molecule has 7 nitrogen and oxygen atoms in total. The summed E-state index contributed by atoms with van der Waals surface area (Å²) >= 11 is 0. The number of rotatable bonds is 8. The molecular formula is C35H38F3NO6. The van der Waals surface area contributed by atoms with Gasteiger partial charge in [0.25, 0.3) is 5.91 Å². The lowest BCUT2D eigenvalue weighted by atomic mass is 9.76. The zero-order chi connectivity index (χ0) is 32.6. The minimum absolute atomic E-state index is 0.0668. The molecule has 45 heavy (non-hydrogen) atoms. The predicted octanol–water partition coefficient (Wildman–Crippen LogP) is 7.10. The summed E-state index contributed by atoms with van der Waals surface area (Å²) in [5, 5.41) is 15.4. The highest BCUT2D eigenvalue weighted by Crippen LogP contribution is 2.49. The summed E-state index contributed by atoms with van der Waals surface area (Å²) in [6.07, 6.45) is -0.254. The Morgan fingerprint density at radius 1 is 1.00 bits per heavy atom. The van der Waals surface area contributed by atoms with Crippen molar-refractivity contribution in [3.05, 3.63) is 94.6 Å². The molecule has 2 N–H and O–H groups in total. The van der Waals surface area contributed by atoms with E-state index < -0.39 is 35.0 Å². The third-order valence-corrected chi connectivity index (χ3v) is 8.58. The summed E-state index contributed by atoms with van der Waals surface area (Å²) < 4.78 is 63.1. The molecule has 1 fully saturated rings. The number of carbonyl (C=O) groups excluding carboxylic acids is 1. The molecule has 5 rings (SSSR count). The maximum atomic E-state index is 13.2. The Bertz CT molecular complexity index is 1560. The van der Waals surface area contributed by atoms with Gasteiger partial charge in [-0.15, -0.1) is 0 Å². The quantitative estimate of drug-likeness (QED) is 0.278. The molecule has 0 radical (unpaired) electrons. The van der Waals surface area contributed by atoms with Crippen molar-refractivity contribution in [3.63, 3.8) is 0 Å². The first kappa shape index (κ1) is 32.5. The third kappa shape index (κ3) is 6.59. The molecule has 0 bridgehead atoms. The van der Waals surface area contributed by atoms with Crippen LogP contribution in [-0.2, 0) is 32.7 Å². The van der Waals surface area contributed by atoms with Gasteiger partial charge in [0.05, 0.1) is 36.1 Å². The molecule has 240 valence electrons. The van der Waals surface area contributed by atoms with E-state index in [1.807, 2.05) is 19.1 Å². The van der Waals surface area contributed by atoms with Crippen LogP contribution in [0.5, 0.6) is 11.5 Å². The number of carbonyl (C=O) groups is 1. The number of halogens is 3. The van der Waals surface area contributed by atoms with Crippen LogP contribution in [0.25, 0.3) is 6.08 Å². The number of hydrogen-bond donors (Lipinski definition) is 2. The smallest absolute Gasteiger partial charge is 0.416 e. The predicted molar refractivity (Wildman–Crippen MR) is 164 cm³/mol. The minimum Gasteiger partial charge on any atom is -0.497 e. The Morgan fingerprint density at radius 2 is 1.69 bits per heavy atom. The van der Waals surface area contributed by atoms with Crippen LogP contribution in [0.2, 0.25) is 0 Å². The Kier molecular flexibility index (Phi) is 8.78. The van der Waals surface area contributed by atoms with Gasteiger partial charge in [0.2, 0.25) is 0 Å². The molecule has 0 aromatic heterocycles. The molecule has 3 aromatic rings. The molecule has 1 saturated heterocycles. The van der Waals surface area contributed by atoms with Gasteiger partial charge in [0, 0.05) is 12.7 Å². The molecule has 2 aliphatic heterocycles. The minimum atomic E-state index is -4.47. The van der Waals surface area contributed by atoms with Crippen LogP contribution in [0, 0.1) is 5.41 Å². The molecule has 10 heteroatoms.